The molecule has 0 heterocycles. The summed E-state index contributed by atoms with van der Waals surface area (Å²) >= 11 is 0. The third kappa shape index (κ3) is 3.97. The van der Waals surface area contributed by atoms with Crippen molar-refractivity contribution in [2.24, 2.45) is 0 Å². The van der Waals surface area contributed by atoms with Gasteiger partial charge in [-0.1, -0.05) is 54.1 Å². The van der Waals surface area contributed by atoms with E-state index in [-0.39, 0.29) is 31.1 Å². The average Bonchev–Trinajstić information content (AvgIpc) is 2.96. The fourth-order valence-electron chi connectivity index (χ4n) is 3.30. The maximum Gasteiger partial charge on any atom is 0.220 e. The fraction of sp³-hybridized carbons (Fsp3) is 0.333. The van der Waals surface area contributed by atoms with Crippen LogP contribution in [-0.4, -0.2) is 23.3 Å². The van der Waals surface area contributed by atoms with E-state index in [4.69, 9.17) is 0 Å². The van der Waals surface area contributed by atoms with Crippen LogP contribution >= 0.6 is 0 Å². The lowest BCUT2D eigenvalue weighted by molar-refractivity contribution is -0.122. The Labute approximate surface area is 147 Å². The van der Waals surface area contributed by atoms with Crippen molar-refractivity contribution in [1.29, 1.82) is 0 Å². The molecule has 0 fully saturated rings. The van der Waals surface area contributed by atoms with E-state index in [2.05, 4.69) is 5.32 Å². The number of aliphatic hydroxyl groups is 1. The monoisotopic (exact) mass is 337 g/mol. The third-order valence-corrected chi connectivity index (χ3v) is 4.86. The van der Waals surface area contributed by atoms with Gasteiger partial charge in [0.2, 0.25) is 5.91 Å². The van der Waals surface area contributed by atoms with Crippen molar-refractivity contribution in [3.63, 3.8) is 0 Å². The molecule has 2 N–H and O–H groups in total. The molecule has 0 saturated carbocycles. The molecular weight excluding hydrogens is 314 g/mol. The number of nitrogens with one attached hydrogen (secondary N) is 1. The van der Waals surface area contributed by atoms with Gasteiger partial charge in [0.15, 0.2) is 5.78 Å². The van der Waals surface area contributed by atoms with Gasteiger partial charge < -0.3 is 10.4 Å². The molecule has 2 aromatic rings. The first-order valence-corrected chi connectivity index (χ1v) is 8.65. The topological polar surface area (TPSA) is 66.4 Å². The highest BCUT2D eigenvalue weighted by molar-refractivity contribution is 5.97. The smallest absolute Gasteiger partial charge is 0.220 e. The van der Waals surface area contributed by atoms with Crippen LogP contribution in [0.5, 0.6) is 0 Å². The number of rotatable bonds is 6. The van der Waals surface area contributed by atoms with Crippen molar-refractivity contribution >= 4 is 11.7 Å². The highest BCUT2D eigenvalue weighted by atomic mass is 16.3. The standard InChI is InChI=1S/C21H23NO3/c1-15-6-8-17(9-7-15)19(23)10-11-20(24)22-14-21(25)13-12-16-4-2-3-5-18(16)21/h2-9,25H,10-14H2,1H3,(H,22,24). The summed E-state index contributed by atoms with van der Waals surface area (Å²) in [7, 11) is 0. The minimum Gasteiger partial charge on any atom is -0.383 e. The molecule has 0 spiro atoms. The molecule has 1 unspecified atom stereocenters. The number of carbonyl (C=O) groups is 2. The molecule has 25 heavy (non-hydrogen) atoms. The average molecular weight is 337 g/mol. The van der Waals surface area contributed by atoms with Crippen LogP contribution in [0.4, 0.5) is 0 Å². The summed E-state index contributed by atoms with van der Waals surface area (Å²) in [6.07, 6.45) is 1.72. The normalized spacial score (nSPS) is 18.6. The Kier molecular flexibility index (Phi) is 5.00. The predicted molar refractivity (Wildman–Crippen MR) is 96.4 cm³/mol. The zero-order valence-corrected chi connectivity index (χ0v) is 14.4. The lowest BCUT2D eigenvalue weighted by atomic mass is 9.96. The number of hydrogen-bond acceptors (Lipinski definition) is 3. The van der Waals surface area contributed by atoms with Gasteiger partial charge >= 0.3 is 0 Å². The Morgan fingerprint density at radius 2 is 1.80 bits per heavy atom. The molecule has 2 aromatic carbocycles. The van der Waals surface area contributed by atoms with Gasteiger partial charge in [-0.25, -0.2) is 0 Å². The quantitative estimate of drug-likeness (QED) is 0.797. The molecule has 1 aliphatic rings. The van der Waals surface area contributed by atoms with Gasteiger partial charge in [0, 0.05) is 18.4 Å². The number of fused-ring (bicyclic) bond motifs is 1. The van der Waals surface area contributed by atoms with Crippen LogP contribution in [0.2, 0.25) is 0 Å². The van der Waals surface area contributed by atoms with E-state index in [0.717, 1.165) is 23.1 Å². The zero-order chi connectivity index (χ0) is 17.9. The SMILES string of the molecule is Cc1ccc(C(=O)CCC(=O)NCC2(O)CCc3ccccc32)cc1. The molecule has 1 aliphatic carbocycles. The summed E-state index contributed by atoms with van der Waals surface area (Å²) in [5.41, 5.74) is 2.74. The molecular formula is C21H23NO3. The van der Waals surface area contributed by atoms with E-state index in [1.54, 1.807) is 12.1 Å². The van der Waals surface area contributed by atoms with Gasteiger partial charge in [-0.15, -0.1) is 0 Å². The maximum atomic E-state index is 12.1. The van der Waals surface area contributed by atoms with Crippen molar-refractivity contribution < 1.29 is 14.7 Å². The van der Waals surface area contributed by atoms with Crippen LogP contribution in [0.25, 0.3) is 0 Å². The van der Waals surface area contributed by atoms with Gasteiger partial charge in [-0.3, -0.25) is 9.59 Å². The van der Waals surface area contributed by atoms with Gasteiger partial charge in [0.1, 0.15) is 5.60 Å². The van der Waals surface area contributed by atoms with E-state index >= 15 is 0 Å². The number of hydrogen-bond donors (Lipinski definition) is 2. The Hall–Kier alpha value is -2.46. The number of carbonyl (C=O) groups excluding carboxylic acids is 2. The van der Waals surface area contributed by atoms with Gasteiger partial charge in [-0.2, -0.15) is 0 Å². The predicted octanol–water partition coefficient (Wildman–Crippen LogP) is 2.91. The van der Waals surface area contributed by atoms with Crippen molar-refractivity contribution in [2.45, 2.75) is 38.2 Å². The second-order valence-electron chi connectivity index (χ2n) is 6.75. The number of aryl methyl sites for hydroxylation is 2. The van der Waals surface area contributed by atoms with Crippen LogP contribution in [-0.2, 0) is 16.8 Å². The lowest BCUT2D eigenvalue weighted by Gasteiger charge is -2.24. The summed E-state index contributed by atoms with van der Waals surface area (Å²) in [5, 5.41) is 13.6. The Bertz CT molecular complexity index is 782. The largest absolute Gasteiger partial charge is 0.383 e. The Balaban J connectivity index is 1.50. The minimum atomic E-state index is -1.01. The summed E-state index contributed by atoms with van der Waals surface area (Å²) in [6, 6.07) is 15.1. The molecule has 0 radical (unpaired) electrons. The van der Waals surface area contributed by atoms with E-state index < -0.39 is 5.60 Å². The maximum absolute atomic E-state index is 12.1. The second kappa shape index (κ2) is 7.19. The molecule has 0 aromatic heterocycles. The highest BCUT2D eigenvalue weighted by Crippen LogP contribution is 2.36. The van der Waals surface area contributed by atoms with Crippen LogP contribution in [0, 0.1) is 6.92 Å². The molecule has 0 aliphatic heterocycles. The van der Waals surface area contributed by atoms with E-state index in [9.17, 15) is 14.7 Å². The molecule has 0 bridgehead atoms. The third-order valence-electron chi connectivity index (χ3n) is 4.86. The Morgan fingerprint density at radius 1 is 1.08 bits per heavy atom. The van der Waals surface area contributed by atoms with Crippen LogP contribution in [0.3, 0.4) is 0 Å². The molecule has 130 valence electrons. The molecule has 1 atom stereocenters. The van der Waals surface area contributed by atoms with Gasteiger partial charge in [-0.05, 0) is 30.9 Å². The highest BCUT2D eigenvalue weighted by Gasteiger charge is 2.36. The summed E-state index contributed by atoms with van der Waals surface area (Å²) < 4.78 is 0. The zero-order valence-electron chi connectivity index (χ0n) is 14.4. The summed E-state index contributed by atoms with van der Waals surface area (Å²) in [4.78, 5) is 24.2. The van der Waals surface area contributed by atoms with Crippen molar-refractivity contribution in [1.82, 2.24) is 5.32 Å². The van der Waals surface area contributed by atoms with E-state index in [0.29, 0.717) is 12.0 Å². The minimum absolute atomic E-state index is 0.0416. The first-order chi connectivity index (χ1) is 12.0. The number of Topliss-reactive ketones (excluding diaryl/α,β-unsaturated/α-hetero) is 1. The van der Waals surface area contributed by atoms with Crippen molar-refractivity contribution in [3.8, 4) is 0 Å². The Morgan fingerprint density at radius 3 is 2.56 bits per heavy atom. The van der Waals surface area contributed by atoms with Crippen molar-refractivity contribution in [3.05, 3.63) is 70.8 Å². The van der Waals surface area contributed by atoms with Gasteiger partial charge in [0.05, 0.1) is 6.54 Å². The summed E-state index contributed by atoms with van der Waals surface area (Å²) in [6.45, 7) is 2.15. The van der Waals surface area contributed by atoms with Crippen LogP contribution in [0.15, 0.2) is 48.5 Å². The molecule has 0 saturated heterocycles. The number of benzene rings is 2. The fourth-order valence-corrected chi connectivity index (χ4v) is 3.30. The summed E-state index contributed by atoms with van der Waals surface area (Å²) in [5.74, 6) is -0.252. The first kappa shape index (κ1) is 17.4. The van der Waals surface area contributed by atoms with E-state index in [1.165, 1.54) is 0 Å². The number of amides is 1. The molecule has 4 nitrogen and oxygen atoms in total. The van der Waals surface area contributed by atoms with Crippen LogP contribution < -0.4 is 5.32 Å². The lowest BCUT2D eigenvalue weighted by Crippen LogP contribution is -2.39. The molecule has 3 rings (SSSR count). The first-order valence-electron chi connectivity index (χ1n) is 8.65. The second-order valence-corrected chi connectivity index (χ2v) is 6.75. The number of ketones is 1. The molecule has 1 amide bonds. The van der Waals surface area contributed by atoms with Gasteiger partial charge in [0.25, 0.3) is 0 Å². The van der Waals surface area contributed by atoms with E-state index in [1.807, 2.05) is 43.3 Å². The molecule has 4 heteroatoms. The van der Waals surface area contributed by atoms with Crippen molar-refractivity contribution in [2.75, 3.05) is 6.54 Å². The van der Waals surface area contributed by atoms with Crippen LogP contribution in [0.1, 0.15) is 46.3 Å².